The molecule has 1 aliphatic rings. The third-order valence-corrected chi connectivity index (χ3v) is 4.35. The van der Waals surface area contributed by atoms with Gasteiger partial charge in [-0.05, 0) is 32.2 Å². The Bertz CT molecular complexity index is 283. The van der Waals surface area contributed by atoms with Crippen LogP contribution >= 0.6 is 0 Å². The van der Waals surface area contributed by atoms with Gasteiger partial charge in [0.05, 0.1) is 6.10 Å². The van der Waals surface area contributed by atoms with Crippen LogP contribution in [0, 0.1) is 5.92 Å². The van der Waals surface area contributed by atoms with Crippen LogP contribution in [0.3, 0.4) is 0 Å². The summed E-state index contributed by atoms with van der Waals surface area (Å²) in [6.07, 6.45) is 2.18. The van der Waals surface area contributed by atoms with Crippen molar-refractivity contribution >= 4 is 5.91 Å². The second-order valence-electron chi connectivity index (χ2n) is 5.76. The third-order valence-electron chi connectivity index (χ3n) is 4.35. The van der Waals surface area contributed by atoms with Crippen LogP contribution in [0.4, 0.5) is 0 Å². The lowest BCUT2D eigenvalue weighted by atomic mass is 9.92. The molecule has 1 fully saturated rings. The molecule has 0 aromatic rings. The molecule has 1 saturated heterocycles. The van der Waals surface area contributed by atoms with Gasteiger partial charge in [0.1, 0.15) is 6.61 Å². The summed E-state index contributed by atoms with van der Waals surface area (Å²) in [5.41, 5.74) is 0. The van der Waals surface area contributed by atoms with Crippen LogP contribution in [0.5, 0.6) is 0 Å². The maximum atomic E-state index is 12.1. The van der Waals surface area contributed by atoms with Gasteiger partial charge in [0.15, 0.2) is 0 Å². The van der Waals surface area contributed by atoms with E-state index in [9.17, 15) is 4.79 Å². The molecule has 1 heterocycles. The van der Waals surface area contributed by atoms with Crippen molar-refractivity contribution in [1.82, 2.24) is 9.80 Å². The van der Waals surface area contributed by atoms with Crippen molar-refractivity contribution in [2.45, 2.75) is 52.7 Å². The Balaban J connectivity index is 2.43. The highest BCUT2D eigenvalue weighted by Gasteiger charge is 2.30. The molecule has 1 rings (SSSR count). The molecule has 0 unspecified atom stereocenters. The predicted octanol–water partition coefficient (Wildman–Crippen LogP) is 1.99. The second kappa shape index (κ2) is 7.85. The van der Waals surface area contributed by atoms with Gasteiger partial charge in [-0.15, -0.1) is 0 Å². The summed E-state index contributed by atoms with van der Waals surface area (Å²) in [6, 6.07) is 0.357. The largest absolute Gasteiger partial charge is 0.369 e. The van der Waals surface area contributed by atoms with Gasteiger partial charge in [-0.3, -0.25) is 4.79 Å². The first kappa shape index (κ1) is 16.4. The molecule has 0 N–H and O–H groups in total. The fourth-order valence-corrected chi connectivity index (χ4v) is 2.70. The van der Waals surface area contributed by atoms with E-state index in [1.807, 2.05) is 18.9 Å². The van der Waals surface area contributed by atoms with Gasteiger partial charge in [0.25, 0.3) is 0 Å². The Morgan fingerprint density at radius 3 is 2.68 bits per heavy atom. The van der Waals surface area contributed by atoms with Crippen molar-refractivity contribution in [2.24, 2.45) is 5.92 Å². The Morgan fingerprint density at radius 1 is 1.47 bits per heavy atom. The molecule has 112 valence electrons. The molecular weight excluding hydrogens is 240 g/mol. The van der Waals surface area contributed by atoms with Crippen molar-refractivity contribution in [3.05, 3.63) is 0 Å². The smallest absolute Gasteiger partial charge is 0.248 e. The summed E-state index contributed by atoms with van der Waals surface area (Å²) in [6.45, 7) is 12.0. The standard InChI is InChI=1S/C15H30N2O2/c1-6-13(4)19-11-15(18)16(5)14-8-9-17(7-2)10-12(14)3/h12-14H,6-11H2,1-5H3/t12-,13+,14-/m1/s1. The maximum Gasteiger partial charge on any atom is 0.248 e. The molecule has 0 saturated carbocycles. The van der Waals surface area contributed by atoms with Crippen molar-refractivity contribution in [1.29, 1.82) is 0 Å². The Morgan fingerprint density at radius 2 is 2.16 bits per heavy atom. The number of nitrogens with zero attached hydrogens (tertiary/aromatic N) is 2. The van der Waals surface area contributed by atoms with Gasteiger partial charge < -0.3 is 14.5 Å². The lowest BCUT2D eigenvalue weighted by Crippen LogP contribution is -2.51. The van der Waals surface area contributed by atoms with E-state index in [0.29, 0.717) is 12.0 Å². The summed E-state index contributed by atoms with van der Waals surface area (Å²) < 4.78 is 5.54. The van der Waals surface area contributed by atoms with Crippen LogP contribution in [0.15, 0.2) is 0 Å². The van der Waals surface area contributed by atoms with Crippen LogP contribution in [-0.4, -0.2) is 61.1 Å². The number of rotatable bonds is 6. The number of carbonyl (C=O) groups is 1. The average molecular weight is 270 g/mol. The van der Waals surface area contributed by atoms with Crippen molar-refractivity contribution in [3.8, 4) is 0 Å². The number of amides is 1. The van der Waals surface area contributed by atoms with E-state index in [2.05, 4.69) is 25.7 Å². The summed E-state index contributed by atoms with van der Waals surface area (Å²) in [5.74, 6) is 0.647. The molecule has 4 nitrogen and oxygen atoms in total. The van der Waals surface area contributed by atoms with Gasteiger partial charge in [0.2, 0.25) is 5.91 Å². The van der Waals surface area contributed by atoms with Gasteiger partial charge >= 0.3 is 0 Å². The number of carbonyl (C=O) groups excluding carboxylic acids is 1. The lowest BCUT2D eigenvalue weighted by molar-refractivity contribution is -0.140. The summed E-state index contributed by atoms with van der Waals surface area (Å²) >= 11 is 0. The number of likely N-dealkylation sites (N-methyl/N-ethyl adjacent to an activating group) is 1. The molecule has 0 aromatic carbocycles. The first-order chi connectivity index (χ1) is 8.99. The van der Waals surface area contributed by atoms with Crippen molar-refractivity contribution in [2.75, 3.05) is 33.3 Å². The molecule has 3 atom stereocenters. The van der Waals surface area contributed by atoms with E-state index in [-0.39, 0.29) is 18.6 Å². The topological polar surface area (TPSA) is 32.8 Å². The molecular formula is C15H30N2O2. The summed E-state index contributed by atoms with van der Waals surface area (Å²) in [4.78, 5) is 16.5. The van der Waals surface area contributed by atoms with Gasteiger partial charge in [0, 0.05) is 26.2 Å². The SMILES string of the molecule is CC[C@H](C)OCC(=O)N(C)[C@@H]1CCN(CC)C[C@H]1C. The molecule has 19 heavy (non-hydrogen) atoms. The van der Waals surface area contributed by atoms with E-state index in [4.69, 9.17) is 4.74 Å². The third kappa shape index (κ3) is 4.77. The molecule has 1 aliphatic heterocycles. The molecule has 0 aliphatic carbocycles. The zero-order chi connectivity index (χ0) is 14.4. The zero-order valence-corrected chi connectivity index (χ0v) is 13.2. The fraction of sp³-hybridized carbons (Fsp3) is 0.933. The van der Waals surface area contributed by atoms with Gasteiger partial charge in [-0.2, -0.15) is 0 Å². The number of ether oxygens (including phenoxy) is 1. The molecule has 1 amide bonds. The van der Waals surface area contributed by atoms with E-state index >= 15 is 0 Å². The highest BCUT2D eigenvalue weighted by molar-refractivity contribution is 5.77. The molecule has 0 radical (unpaired) electrons. The Kier molecular flexibility index (Phi) is 6.80. The Labute approximate surface area is 118 Å². The summed E-state index contributed by atoms with van der Waals surface area (Å²) in [7, 11) is 1.92. The quantitative estimate of drug-likeness (QED) is 0.740. The molecule has 0 bridgehead atoms. The molecule has 0 spiro atoms. The zero-order valence-electron chi connectivity index (χ0n) is 13.2. The lowest BCUT2D eigenvalue weighted by Gasteiger charge is -2.41. The first-order valence-electron chi connectivity index (χ1n) is 7.59. The average Bonchev–Trinajstić information content (AvgIpc) is 2.43. The predicted molar refractivity (Wildman–Crippen MR) is 78.2 cm³/mol. The monoisotopic (exact) mass is 270 g/mol. The van der Waals surface area contributed by atoms with Crippen molar-refractivity contribution in [3.63, 3.8) is 0 Å². The first-order valence-corrected chi connectivity index (χ1v) is 7.59. The number of hydrogen-bond acceptors (Lipinski definition) is 3. The minimum absolute atomic E-state index is 0.113. The van der Waals surface area contributed by atoms with E-state index < -0.39 is 0 Å². The van der Waals surface area contributed by atoms with Crippen LogP contribution in [0.25, 0.3) is 0 Å². The van der Waals surface area contributed by atoms with Gasteiger partial charge in [-0.1, -0.05) is 20.8 Å². The summed E-state index contributed by atoms with van der Waals surface area (Å²) in [5, 5.41) is 0. The van der Waals surface area contributed by atoms with Gasteiger partial charge in [-0.25, -0.2) is 0 Å². The highest BCUT2D eigenvalue weighted by Crippen LogP contribution is 2.21. The number of piperidine rings is 1. The molecule has 0 aromatic heterocycles. The van der Waals surface area contributed by atoms with Crippen LogP contribution in [-0.2, 0) is 9.53 Å². The number of likely N-dealkylation sites (tertiary alicyclic amines) is 1. The number of hydrogen-bond donors (Lipinski definition) is 0. The van der Waals surface area contributed by atoms with Crippen molar-refractivity contribution < 1.29 is 9.53 Å². The van der Waals surface area contributed by atoms with E-state index in [1.165, 1.54) is 0 Å². The highest BCUT2D eigenvalue weighted by atomic mass is 16.5. The van der Waals surface area contributed by atoms with Crippen LogP contribution in [0.2, 0.25) is 0 Å². The van der Waals surface area contributed by atoms with E-state index in [1.54, 1.807) is 0 Å². The fourth-order valence-electron chi connectivity index (χ4n) is 2.70. The molecule has 4 heteroatoms. The minimum atomic E-state index is 0.113. The maximum absolute atomic E-state index is 12.1. The van der Waals surface area contributed by atoms with Crippen LogP contribution < -0.4 is 0 Å². The Hall–Kier alpha value is -0.610. The van der Waals surface area contributed by atoms with E-state index in [0.717, 1.165) is 32.5 Å². The minimum Gasteiger partial charge on any atom is -0.369 e. The normalized spacial score (nSPS) is 26.2. The van der Waals surface area contributed by atoms with Crippen LogP contribution in [0.1, 0.15) is 40.5 Å². The second-order valence-corrected chi connectivity index (χ2v) is 5.76.